The first-order valence-corrected chi connectivity index (χ1v) is 5.60. The van der Waals surface area contributed by atoms with Crippen molar-refractivity contribution in [2.75, 3.05) is 5.73 Å². The maximum absolute atomic E-state index is 12.9. The Balaban J connectivity index is 2.77. The van der Waals surface area contributed by atoms with Gasteiger partial charge in [-0.2, -0.15) is 26.3 Å². The lowest BCUT2D eigenvalue weighted by Gasteiger charge is -2.17. The summed E-state index contributed by atoms with van der Waals surface area (Å²) in [6.45, 7) is 0. The minimum atomic E-state index is -4.84. The molecule has 0 bridgehead atoms. The smallest absolute Gasteiger partial charge is 0.384 e. The number of rotatable bonds is 1. The number of halogens is 6. The second-order valence-corrected chi connectivity index (χ2v) is 4.20. The summed E-state index contributed by atoms with van der Waals surface area (Å²) in [5, 5.41) is 0. The molecule has 0 aliphatic rings. The average molecular weight is 306 g/mol. The minimum absolute atomic E-state index is 0.296. The van der Waals surface area contributed by atoms with Crippen LogP contribution in [0, 0.1) is 0 Å². The molecule has 0 aliphatic heterocycles. The predicted octanol–water partition coefficient (Wildman–Crippen LogP) is 4.37. The van der Waals surface area contributed by atoms with Crippen molar-refractivity contribution in [2.45, 2.75) is 12.4 Å². The van der Waals surface area contributed by atoms with Crippen molar-refractivity contribution in [1.82, 2.24) is 4.98 Å². The molecule has 8 heteroatoms. The molecule has 0 amide bonds. The number of benzene rings is 1. The Morgan fingerprint density at radius 2 is 1.38 bits per heavy atom. The number of nitrogens with two attached hydrogens (primary N) is 1. The fraction of sp³-hybridized carbons (Fsp3) is 0.154. The van der Waals surface area contributed by atoms with E-state index in [0.717, 1.165) is 18.2 Å². The zero-order chi connectivity index (χ0) is 15.8. The summed E-state index contributed by atoms with van der Waals surface area (Å²) in [4.78, 5) is 3.30. The van der Waals surface area contributed by atoms with Crippen LogP contribution in [0.15, 0.2) is 36.5 Å². The molecule has 2 rings (SSSR count). The molecule has 2 N–H and O–H groups in total. The maximum atomic E-state index is 12.9. The lowest BCUT2D eigenvalue weighted by atomic mass is 9.96. The molecule has 2 nitrogen and oxygen atoms in total. The second-order valence-electron chi connectivity index (χ2n) is 4.20. The highest BCUT2D eigenvalue weighted by Crippen LogP contribution is 2.42. The number of nitrogen functional groups attached to an aromatic ring is 1. The van der Waals surface area contributed by atoms with Crippen LogP contribution in [-0.4, -0.2) is 4.98 Å². The molecule has 21 heavy (non-hydrogen) atoms. The Kier molecular flexibility index (Phi) is 3.56. The Morgan fingerprint density at radius 1 is 0.810 bits per heavy atom. The van der Waals surface area contributed by atoms with Crippen molar-refractivity contribution < 1.29 is 26.3 Å². The predicted molar refractivity (Wildman–Crippen MR) is 64.1 cm³/mol. The van der Waals surface area contributed by atoms with Gasteiger partial charge in [0.1, 0.15) is 5.82 Å². The highest BCUT2D eigenvalue weighted by Gasteiger charge is 2.38. The van der Waals surface area contributed by atoms with Crippen LogP contribution in [0.4, 0.5) is 32.2 Å². The molecule has 0 radical (unpaired) electrons. The zero-order valence-electron chi connectivity index (χ0n) is 10.3. The number of nitrogens with zero attached hydrogens (tertiary/aromatic N) is 1. The Morgan fingerprint density at radius 3 is 1.95 bits per heavy atom. The third-order valence-electron chi connectivity index (χ3n) is 2.75. The van der Waals surface area contributed by atoms with E-state index in [1.54, 1.807) is 0 Å². The van der Waals surface area contributed by atoms with Gasteiger partial charge in [-0.1, -0.05) is 18.2 Å². The van der Waals surface area contributed by atoms with Crippen LogP contribution >= 0.6 is 0 Å². The first-order chi connectivity index (χ1) is 9.60. The van der Waals surface area contributed by atoms with Crippen LogP contribution < -0.4 is 5.73 Å². The molecule has 1 heterocycles. The first kappa shape index (κ1) is 15.1. The zero-order valence-corrected chi connectivity index (χ0v) is 10.3. The Labute approximate surface area is 115 Å². The summed E-state index contributed by atoms with van der Waals surface area (Å²) in [7, 11) is 0. The average Bonchev–Trinajstić information content (AvgIpc) is 2.36. The fourth-order valence-corrected chi connectivity index (χ4v) is 1.89. The van der Waals surface area contributed by atoms with Crippen molar-refractivity contribution in [3.63, 3.8) is 0 Å². The molecule has 1 aromatic heterocycles. The van der Waals surface area contributed by atoms with Crippen LogP contribution in [-0.2, 0) is 12.4 Å². The minimum Gasteiger partial charge on any atom is -0.384 e. The summed E-state index contributed by atoms with van der Waals surface area (Å²) in [6.07, 6.45) is -9.19. The molecular formula is C13H8F6N2. The van der Waals surface area contributed by atoms with Gasteiger partial charge in [0.15, 0.2) is 0 Å². The first-order valence-electron chi connectivity index (χ1n) is 5.60. The number of aromatic nitrogens is 1. The van der Waals surface area contributed by atoms with Crippen molar-refractivity contribution >= 4 is 5.82 Å². The van der Waals surface area contributed by atoms with Gasteiger partial charge < -0.3 is 5.73 Å². The van der Waals surface area contributed by atoms with E-state index in [2.05, 4.69) is 4.98 Å². The number of hydrogen-bond acceptors (Lipinski definition) is 2. The van der Waals surface area contributed by atoms with Gasteiger partial charge in [-0.15, -0.1) is 0 Å². The van der Waals surface area contributed by atoms with Crippen molar-refractivity contribution in [3.05, 3.63) is 47.7 Å². The van der Waals surface area contributed by atoms with Crippen LogP contribution in [0.25, 0.3) is 11.1 Å². The second kappa shape index (κ2) is 4.94. The summed E-state index contributed by atoms with van der Waals surface area (Å²) in [5.41, 5.74) is 1.63. The molecule has 2 aromatic rings. The monoisotopic (exact) mass is 306 g/mol. The highest BCUT2D eigenvalue weighted by molar-refractivity contribution is 5.73. The number of pyridine rings is 1. The molecule has 0 saturated carbocycles. The number of anilines is 1. The van der Waals surface area contributed by atoms with E-state index in [-0.39, 0.29) is 5.82 Å². The molecular weight excluding hydrogens is 298 g/mol. The Hall–Kier alpha value is -2.25. The molecule has 0 spiro atoms. The molecule has 0 fully saturated rings. The molecule has 1 aromatic carbocycles. The van der Waals surface area contributed by atoms with Gasteiger partial charge in [-0.3, -0.25) is 0 Å². The van der Waals surface area contributed by atoms with E-state index in [9.17, 15) is 26.3 Å². The summed E-state index contributed by atoms with van der Waals surface area (Å²) in [6, 6.07) is 4.79. The van der Waals surface area contributed by atoms with E-state index in [4.69, 9.17) is 5.73 Å². The highest BCUT2D eigenvalue weighted by atomic mass is 19.4. The van der Waals surface area contributed by atoms with Gasteiger partial charge >= 0.3 is 12.4 Å². The van der Waals surface area contributed by atoms with E-state index < -0.39 is 34.6 Å². The number of hydrogen-bond donors (Lipinski definition) is 1. The third kappa shape index (κ3) is 3.09. The van der Waals surface area contributed by atoms with Crippen LogP contribution in [0.1, 0.15) is 11.1 Å². The summed E-state index contributed by atoms with van der Waals surface area (Å²) >= 11 is 0. The van der Waals surface area contributed by atoms with Gasteiger partial charge in [-0.05, 0) is 23.3 Å². The third-order valence-corrected chi connectivity index (χ3v) is 2.75. The van der Waals surface area contributed by atoms with Gasteiger partial charge in [0.2, 0.25) is 0 Å². The molecule has 112 valence electrons. The van der Waals surface area contributed by atoms with Gasteiger partial charge in [0, 0.05) is 6.20 Å². The molecule has 0 unspecified atom stereocenters. The summed E-state index contributed by atoms with van der Waals surface area (Å²) < 4.78 is 77.6. The van der Waals surface area contributed by atoms with Gasteiger partial charge in [0.05, 0.1) is 11.1 Å². The van der Waals surface area contributed by atoms with Crippen molar-refractivity contribution in [2.24, 2.45) is 0 Å². The van der Waals surface area contributed by atoms with Crippen molar-refractivity contribution in [1.29, 1.82) is 0 Å². The number of alkyl halides is 6. The molecule has 0 saturated heterocycles. The largest absolute Gasteiger partial charge is 0.418 e. The topological polar surface area (TPSA) is 38.9 Å². The lowest BCUT2D eigenvalue weighted by Crippen LogP contribution is -2.12. The summed E-state index contributed by atoms with van der Waals surface area (Å²) in [5.74, 6) is -0.296. The standard InChI is InChI=1S/C13H8F6N2/c14-12(15,16)9-4-2-1-3-7(9)8-5-11(20)21-6-10(8)13(17,18)19/h1-6H,(H2,20,21). The SMILES string of the molecule is Nc1cc(-c2ccccc2C(F)(F)F)c(C(F)(F)F)cn1. The van der Waals surface area contributed by atoms with Gasteiger partial charge in [-0.25, -0.2) is 4.98 Å². The fourth-order valence-electron chi connectivity index (χ4n) is 1.89. The van der Waals surface area contributed by atoms with Crippen LogP contribution in [0.2, 0.25) is 0 Å². The van der Waals surface area contributed by atoms with E-state index >= 15 is 0 Å². The van der Waals surface area contributed by atoms with Crippen molar-refractivity contribution in [3.8, 4) is 11.1 Å². The van der Waals surface area contributed by atoms with Crippen LogP contribution in [0.3, 0.4) is 0 Å². The lowest BCUT2D eigenvalue weighted by molar-refractivity contribution is -0.139. The maximum Gasteiger partial charge on any atom is 0.418 e. The van der Waals surface area contributed by atoms with E-state index in [1.165, 1.54) is 6.07 Å². The van der Waals surface area contributed by atoms with Gasteiger partial charge in [0.25, 0.3) is 0 Å². The quantitative estimate of drug-likeness (QED) is 0.795. The Bertz CT molecular complexity index is 660. The van der Waals surface area contributed by atoms with E-state index in [1.807, 2.05) is 0 Å². The van der Waals surface area contributed by atoms with Crippen LogP contribution in [0.5, 0.6) is 0 Å². The molecule has 0 atom stereocenters. The normalized spacial score (nSPS) is 12.5. The molecule has 0 aliphatic carbocycles. The van der Waals surface area contributed by atoms with E-state index in [0.29, 0.717) is 12.3 Å².